The molecular weight excluding hydrogens is 148 g/mol. The van der Waals surface area contributed by atoms with E-state index >= 15 is 0 Å². The molecule has 1 saturated heterocycles. The van der Waals surface area contributed by atoms with Crippen molar-refractivity contribution in [1.82, 2.24) is 10.6 Å². The Morgan fingerprint density at radius 2 is 1.67 bits per heavy atom. The van der Waals surface area contributed by atoms with E-state index in [1.165, 1.54) is 6.42 Å². The molecule has 76 valence electrons. The average molecular weight is 174 g/mol. The number of hydrogen-bond acceptors (Lipinski definition) is 2. The van der Waals surface area contributed by atoms with Gasteiger partial charge in [-0.05, 0) is 20.4 Å². The standard InChI is InChI=1S/C6H14N2.2C2H6/c1-5-3-6(8-5)4-7-2;2*1-2/h5-8H,3-4H2,1-2H3;2*1-2H3. The molecule has 2 N–H and O–H groups in total. The Labute approximate surface area is 78.1 Å². The largest absolute Gasteiger partial charge is 0.318 e. The fourth-order valence-electron chi connectivity index (χ4n) is 1.19. The Hall–Kier alpha value is -0.0800. The van der Waals surface area contributed by atoms with Gasteiger partial charge in [0.1, 0.15) is 0 Å². The number of likely N-dealkylation sites (N-methyl/N-ethyl adjacent to an activating group) is 1. The van der Waals surface area contributed by atoms with Crippen LogP contribution in [-0.4, -0.2) is 25.7 Å². The molecule has 0 radical (unpaired) electrons. The molecule has 0 aromatic carbocycles. The maximum Gasteiger partial charge on any atom is 0.0209 e. The van der Waals surface area contributed by atoms with Crippen LogP contribution in [0.15, 0.2) is 0 Å². The molecular formula is C10H26N2. The van der Waals surface area contributed by atoms with Gasteiger partial charge < -0.3 is 10.6 Å². The van der Waals surface area contributed by atoms with Gasteiger partial charge in [0.05, 0.1) is 0 Å². The minimum atomic E-state index is 0.745. The lowest BCUT2D eigenvalue weighted by Gasteiger charge is -2.34. The van der Waals surface area contributed by atoms with Crippen LogP contribution in [0.1, 0.15) is 41.0 Å². The Kier molecular flexibility index (Phi) is 13.1. The molecule has 0 bridgehead atoms. The lowest BCUT2D eigenvalue weighted by Crippen LogP contribution is -2.54. The van der Waals surface area contributed by atoms with Crippen molar-refractivity contribution in [2.75, 3.05) is 13.6 Å². The summed E-state index contributed by atoms with van der Waals surface area (Å²) in [5, 5.41) is 6.51. The highest BCUT2D eigenvalue weighted by Crippen LogP contribution is 2.08. The lowest BCUT2D eigenvalue weighted by molar-refractivity contribution is 0.277. The van der Waals surface area contributed by atoms with Gasteiger partial charge in [-0.2, -0.15) is 0 Å². The smallest absolute Gasteiger partial charge is 0.0209 e. The number of hydrogen-bond donors (Lipinski definition) is 2. The first-order valence-corrected chi connectivity index (χ1v) is 5.23. The van der Waals surface area contributed by atoms with Crippen molar-refractivity contribution in [2.24, 2.45) is 0 Å². The predicted molar refractivity (Wildman–Crippen MR) is 57.6 cm³/mol. The molecule has 1 aliphatic heterocycles. The van der Waals surface area contributed by atoms with Gasteiger partial charge in [0.15, 0.2) is 0 Å². The molecule has 2 atom stereocenters. The first-order valence-electron chi connectivity index (χ1n) is 5.23. The van der Waals surface area contributed by atoms with E-state index < -0.39 is 0 Å². The van der Waals surface area contributed by atoms with Crippen molar-refractivity contribution in [3.8, 4) is 0 Å². The van der Waals surface area contributed by atoms with Crippen LogP contribution in [0.4, 0.5) is 0 Å². The van der Waals surface area contributed by atoms with Gasteiger partial charge in [-0.25, -0.2) is 0 Å². The van der Waals surface area contributed by atoms with E-state index in [9.17, 15) is 0 Å². The maximum absolute atomic E-state index is 3.38. The second-order valence-electron chi connectivity index (χ2n) is 2.56. The summed E-state index contributed by atoms with van der Waals surface area (Å²) in [5.74, 6) is 0. The van der Waals surface area contributed by atoms with Crippen molar-refractivity contribution in [3.63, 3.8) is 0 Å². The second kappa shape index (κ2) is 10.9. The molecule has 2 heteroatoms. The van der Waals surface area contributed by atoms with Crippen LogP contribution in [0.3, 0.4) is 0 Å². The van der Waals surface area contributed by atoms with Crippen LogP contribution < -0.4 is 10.6 Å². The summed E-state index contributed by atoms with van der Waals surface area (Å²) in [5.41, 5.74) is 0. The van der Waals surface area contributed by atoms with Crippen molar-refractivity contribution >= 4 is 0 Å². The molecule has 0 saturated carbocycles. The third-order valence-corrected chi connectivity index (χ3v) is 1.61. The molecule has 1 rings (SSSR count). The summed E-state index contributed by atoms with van der Waals surface area (Å²) < 4.78 is 0. The summed E-state index contributed by atoms with van der Waals surface area (Å²) in [7, 11) is 1.99. The SMILES string of the molecule is CC.CC.CNCC1CC(C)N1. The van der Waals surface area contributed by atoms with Gasteiger partial charge in [-0.15, -0.1) is 0 Å². The van der Waals surface area contributed by atoms with E-state index in [0.717, 1.165) is 18.6 Å². The molecule has 12 heavy (non-hydrogen) atoms. The van der Waals surface area contributed by atoms with E-state index in [1.54, 1.807) is 0 Å². The molecule has 2 unspecified atom stereocenters. The summed E-state index contributed by atoms with van der Waals surface area (Å²) in [4.78, 5) is 0. The van der Waals surface area contributed by atoms with Crippen molar-refractivity contribution in [1.29, 1.82) is 0 Å². The highest BCUT2D eigenvalue weighted by molar-refractivity contribution is 4.85. The van der Waals surface area contributed by atoms with Gasteiger partial charge >= 0.3 is 0 Å². The zero-order chi connectivity index (χ0) is 9.98. The van der Waals surface area contributed by atoms with Crippen LogP contribution >= 0.6 is 0 Å². The van der Waals surface area contributed by atoms with E-state index in [2.05, 4.69) is 17.6 Å². The van der Waals surface area contributed by atoms with Gasteiger partial charge in [-0.1, -0.05) is 27.7 Å². The third kappa shape index (κ3) is 6.62. The highest BCUT2D eigenvalue weighted by Gasteiger charge is 2.22. The zero-order valence-corrected chi connectivity index (χ0v) is 9.57. The fourth-order valence-corrected chi connectivity index (χ4v) is 1.19. The third-order valence-electron chi connectivity index (χ3n) is 1.61. The summed E-state index contributed by atoms with van der Waals surface area (Å²) in [6.07, 6.45) is 1.33. The van der Waals surface area contributed by atoms with E-state index in [4.69, 9.17) is 0 Å². The molecule has 0 aromatic heterocycles. The van der Waals surface area contributed by atoms with E-state index in [-0.39, 0.29) is 0 Å². The monoisotopic (exact) mass is 174 g/mol. The fraction of sp³-hybridized carbons (Fsp3) is 1.00. The molecule has 0 aliphatic carbocycles. The van der Waals surface area contributed by atoms with Crippen molar-refractivity contribution in [2.45, 2.75) is 53.1 Å². The Bertz CT molecular complexity index is 65.5. The Morgan fingerprint density at radius 1 is 1.25 bits per heavy atom. The zero-order valence-electron chi connectivity index (χ0n) is 9.57. The molecule has 0 amide bonds. The minimum Gasteiger partial charge on any atom is -0.318 e. The van der Waals surface area contributed by atoms with Crippen LogP contribution in [0.2, 0.25) is 0 Å². The van der Waals surface area contributed by atoms with Gasteiger partial charge in [-0.3, -0.25) is 0 Å². The molecule has 0 spiro atoms. The van der Waals surface area contributed by atoms with Crippen molar-refractivity contribution in [3.05, 3.63) is 0 Å². The second-order valence-corrected chi connectivity index (χ2v) is 2.56. The summed E-state index contributed by atoms with van der Waals surface area (Å²) in [6.45, 7) is 11.3. The molecule has 0 aromatic rings. The van der Waals surface area contributed by atoms with Gasteiger partial charge in [0, 0.05) is 18.6 Å². The highest BCUT2D eigenvalue weighted by atomic mass is 15.1. The van der Waals surface area contributed by atoms with Crippen LogP contribution in [0, 0.1) is 0 Å². The van der Waals surface area contributed by atoms with Gasteiger partial charge in [0.2, 0.25) is 0 Å². The molecule has 1 aliphatic rings. The number of rotatable bonds is 2. The first-order chi connectivity index (χ1) is 5.83. The topological polar surface area (TPSA) is 24.1 Å². The predicted octanol–water partition coefficient (Wildman–Crippen LogP) is 2.01. The van der Waals surface area contributed by atoms with Crippen molar-refractivity contribution < 1.29 is 0 Å². The first kappa shape index (κ1) is 14.4. The Balaban J connectivity index is 0. The minimum absolute atomic E-state index is 0.745. The molecule has 2 nitrogen and oxygen atoms in total. The average Bonchev–Trinajstić information content (AvgIpc) is 2.10. The molecule has 1 heterocycles. The summed E-state index contributed by atoms with van der Waals surface area (Å²) >= 11 is 0. The lowest BCUT2D eigenvalue weighted by atomic mass is 9.99. The summed E-state index contributed by atoms with van der Waals surface area (Å²) in [6, 6.07) is 1.50. The Morgan fingerprint density at radius 3 is 1.92 bits per heavy atom. The van der Waals surface area contributed by atoms with Gasteiger partial charge in [0.25, 0.3) is 0 Å². The molecule has 1 fully saturated rings. The quantitative estimate of drug-likeness (QED) is 0.669. The van der Waals surface area contributed by atoms with Crippen LogP contribution in [0.5, 0.6) is 0 Å². The van der Waals surface area contributed by atoms with E-state index in [1.807, 2.05) is 34.7 Å². The van der Waals surface area contributed by atoms with Crippen LogP contribution in [-0.2, 0) is 0 Å². The maximum atomic E-state index is 3.38. The van der Waals surface area contributed by atoms with Crippen LogP contribution in [0.25, 0.3) is 0 Å². The number of nitrogens with one attached hydrogen (secondary N) is 2. The normalized spacial score (nSPS) is 25.5. The van der Waals surface area contributed by atoms with E-state index in [0.29, 0.717) is 0 Å².